The number of methoxy groups -OCH3 is 2. The molecule has 2 aromatic rings. The van der Waals surface area contributed by atoms with Crippen LogP contribution in [0.25, 0.3) is 0 Å². The second-order valence-electron chi connectivity index (χ2n) is 6.84. The fraction of sp³-hybridized carbons (Fsp3) is 0.409. The molecule has 29 heavy (non-hydrogen) atoms. The van der Waals surface area contributed by atoms with Crippen molar-refractivity contribution in [3.05, 3.63) is 58.6 Å². The third-order valence-corrected chi connectivity index (χ3v) is 5.36. The van der Waals surface area contributed by atoms with E-state index in [1.165, 1.54) is 0 Å². The van der Waals surface area contributed by atoms with Crippen molar-refractivity contribution >= 4 is 17.5 Å². The van der Waals surface area contributed by atoms with Crippen LogP contribution in [-0.4, -0.2) is 69.3 Å². The smallest absolute Gasteiger partial charge is 0.255 e. The van der Waals surface area contributed by atoms with Gasteiger partial charge in [-0.25, -0.2) is 0 Å². The first kappa shape index (κ1) is 21.4. The van der Waals surface area contributed by atoms with E-state index in [1.54, 1.807) is 26.4 Å². The molecule has 0 aromatic heterocycles. The van der Waals surface area contributed by atoms with E-state index in [-0.39, 0.29) is 5.91 Å². The van der Waals surface area contributed by atoms with Gasteiger partial charge in [-0.3, -0.25) is 9.69 Å². The molecule has 0 aliphatic carbocycles. The SMILES string of the molecule is COc1ccc(OC)c(CN(CCN2CCOCC2)C(=O)c2ccccc2Cl)c1. The van der Waals surface area contributed by atoms with Crippen LogP contribution in [0.4, 0.5) is 0 Å². The zero-order valence-corrected chi connectivity index (χ0v) is 17.7. The third kappa shape index (κ3) is 5.63. The lowest BCUT2D eigenvalue weighted by Gasteiger charge is -2.30. The van der Waals surface area contributed by atoms with Gasteiger partial charge in [-0.05, 0) is 30.3 Å². The van der Waals surface area contributed by atoms with Crippen LogP contribution in [0.1, 0.15) is 15.9 Å². The lowest BCUT2D eigenvalue weighted by molar-refractivity contribution is 0.0320. The number of ether oxygens (including phenoxy) is 3. The number of morpholine rings is 1. The molecule has 1 heterocycles. The highest BCUT2D eigenvalue weighted by Gasteiger charge is 2.22. The summed E-state index contributed by atoms with van der Waals surface area (Å²) in [4.78, 5) is 17.4. The maximum Gasteiger partial charge on any atom is 0.255 e. The van der Waals surface area contributed by atoms with Crippen molar-refractivity contribution in [1.82, 2.24) is 9.80 Å². The summed E-state index contributed by atoms with van der Waals surface area (Å²) in [7, 11) is 3.25. The predicted molar refractivity (Wildman–Crippen MR) is 113 cm³/mol. The molecule has 0 atom stereocenters. The van der Waals surface area contributed by atoms with E-state index in [2.05, 4.69) is 4.90 Å². The second kappa shape index (κ2) is 10.5. The van der Waals surface area contributed by atoms with Crippen molar-refractivity contribution in [2.24, 2.45) is 0 Å². The summed E-state index contributed by atoms with van der Waals surface area (Å²) in [5.41, 5.74) is 1.38. The minimum atomic E-state index is -0.103. The molecule has 0 bridgehead atoms. The third-order valence-electron chi connectivity index (χ3n) is 5.03. The Morgan fingerprint density at radius 2 is 1.90 bits per heavy atom. The van der Waals surface area contributed by atoms with Crippen LogP contribution in [-0.2, 0) is 11.3 Å². The Morgan fingerprint density at radius 3 is 2.59 bits per heavy atom. The molecule has 1 amide bonds. The van der Waals surface area contributed by atoms with Crippen molar-refractivity contribution in [1.29, 1.82) is 0 Å². The lowest BCUT2D eigenvalue weighted by Crippen LogP contribution is -2.43. The van der Waals surface area contributed by atoms with E-state index in [0.29, 0.717) is 29.4 Å². The number of amides is 1. The summed E-state index contributed by atoms with van der Waals surface area (Å²) >= 11 is 6.30. The molecular weight excluding hydrogens is 392 g/mol. The Bertz CT molecular complexity index is 824. The van der Waals surface area contributed by atoms with E-state index in [1.807, 2.05) is 35.2 Å². The number of carbonyl (C=O) groups excluding carboxylic acids is 1. The first-order chi connectivity index (χ1) is 14.1. The largest absolute Gasteiger partial charge is 0.497 e. The molecule has 0 unspecified atom stereocenters. The molecule has 1 aliphatic rings. The molecular formula is C22H27ClN2O4. The van der Waals surface area contributed by atoms with Gasteiger partial charge >= 0.3 is 0 Å². The Hall–Kier alpha value is -2.28. The molecule has 156 valence electrons. The number of halogens is 1. The molecule has 1 saturated heterocycles. The van der Waals surface area contributed by atoms with Crippen LogP contribution < -0.4 is 9.47 Å². The van der Waals surface area contributed by atoms with Crippen LogP contribution in [0.5, 0.6) is 11.5 Å². The number of benzene rings is 2. The van der Waals surface area contributed by atoms with Crippen molar-refractivity contribution in [2.45, 2.75) is 6.54 Å². The van der Waals surface area contributed by atoms with Gasteiger partial charge in [-0.1, -0.05) is 23.7 Å². The van der Waals surface area contributed by atoms with Gasteiger partial charge < -0.3 is 19.1 Å². The molecule has 1 fully saturated rings. The van der Waals surface area contributed by atoms with Crippen LogP contribution in [0.2, 0.25) is 5.02 Å². The summed E-state index contributed by atoms with van der Waals surface area (Å²) in [5.74, 6) is 1.34. The van der Waals surface area contributed by atoms with Gasteiger partial charge in [0.1, 0.15) is 11.5 Å². The van der Waals surface area contributed by atoms with Crippen molar-refractivity contribution in [3.63, 3.8) is 0 Å². The fourth-order valence-electron chi connectivity index (χ4n) is 3.36. The number of rotatable bonds is 8. The summed E-state index contributed by atoms with van der Waals surface area (Å²) in [6.07, 6.45) is 0. The van der Waals surface area contributed by atoms with Gasteiger partial charge in [0.05, 0.1) is 38.0 Å². The van der Waals surface area contributed by atoms with Crippen LogP contribution >= 0.6 is 11.6 Å². The normalized spacial score (nSPS) is 14.4. The Morgan fingerprint density at radius 1 is 1.14 bits per heavy atom. The first-order valence-corrected chi connectivity index (χ1v) is 10.0. The highest BCUT2D eigenvalue weighted by atomic mass is 35.5. The Balaban J connectivity index is 1.84. The highest BCUT2D eigenvalue weighted by molar-refractivity contribution is 6.33. The molecule has 0 N–H and O–H groups in total. The summed E-state index contributed by atoms with van der Waals surface area (Å²) < 4.78 is 16.3. The van der Waals surface area contributed by atoms with Crippen LogP contribution in [0.3, 0.4) is 0 Å². The topological polar surface area (TPSA) is 51.2 Å². The Kier molecular flexibility index (Phi) is 7.75. The zero-order chi connectivity index (χ0) is 20.6. The van der Waals surface area contributed by atoms with Crippen LogP contribution in [0.15, 0.2) is 42.5 Å². The monoisotopic (exact) mass is 418 g/mol. The summed E-state index contributed by atoms with van der Waals surface area (Å²) in [6.45, 7) is 4.93. The predicted octanol–water partition coefficient (Wildman–Crippen LogP) is 3.33. The number of nitrogens with zero attached hydrogens (tertiary/aromatic N) is 2. The van der Waals surface area contributed by atoms with E-state index in [4.69, 9.17) is 25.8 Å². The highest BCUT2D eigenvalue weighted by Crippen LogP contribution is 2.26. The molecule has 6 nitrogen and oxygen atoms in total. The Labute approximate surface area is 176 Å². The van der Waals surface area contributed by atoms with E-state index < -0.39 is 0 Å². The van der Waals surface area contributed by atoms with Crippen LogP contribution in [0, 0.1) is 0 Å². The number of hydrogen-bond donors (Lipinski definition) is 0. The maximum absolute atomic E-state index is 13.3. The molecule has 0 saturated carbocycles. The molecule has 7 heteroatoms. The van der Waals surface area contributed by atoms with E-state index >= 15 is 0 Å². The summed E-state index contributed by atoms with van der Waals surface area (Å²) in [5, 5.41) is 0.450. The molecule has 2 aromatic carbocycles. The van der Waals surface area contributed by atoms with Gasteiger partial charge in [-0.15, -0.1) is 0 Å². The minimum absolute atomic E-state index is 0.103. The molecule has 1 aliphatic heterocycles. The standard InChI is InChI=1S/C22H27ClN2O4/c1-27-18-7-8-21(28-2)17(15-18)16-25(10-9-24-11-13-29-14-12-24)22(26)19-5-3-4-6-20(19)23/h3-8,15H,9-14,16H2,1-2H3. The quantitative estimate of drug-likeness (QED) is 0.658. The zero-order valence-electron chi connectivity index (χ0n) is 16.9. The van der Waals surface area contributed by atoms with Crippen molar-refractivity contribution in [3.8, 4) is 11.5 Å². The summed E-state index contributed by atoms with van der Waals surface area (Å²) in [6, 6.07) is 12.7. The van der Waals surface area contributed by atoms with E-state index in [9.17, 15) is 4.79 Å². The molecule has 0 radical (unpaired) electrons. The average Bonchev–Trinajstić information content (AvgIpc) is 2.77. The van der Waals surface area contributed by atoms with Gasteiger partial charge in [0.2, 0.25) is 0 Å². The average molecular weight is 419 g/mol. The van der Waals surface area contributed by atoms with E-state index in [0.717, 1.165) is 44.2 Å². The van der Waals surface area contributed by atoms with Crippen molar-refractivity contribution in [2.75, 3.05) is 53.6 Å². The van der Waals surface area contributed by atoms with Gasteiger partial charge in [-0.2, -0.15) is 0 Å². The molecule has 0 spiro atoms. The van der Waals surface area contributed by atoms with Gasteiger partial charge in [0.15, 0.2) is 0 Å². The number of hydrogen-bond acceptors (Lipinski definition) is 5. The second-order valence-corrected chi connectivity index (χ2v) is 7.25. The fourth-order valence-corrected chi connectivity index (χ4v) is 3.57. The molecule has 3 rings (SSSR count). The van der Waals surface area contributed by atoms with Gasteiger partial charge in [0.25, 0.3) is 5.91 Å². The number of carbonyl (C=O) groups is 1. The maximum atomic E-state index is 13.3. The lowest BCUT2D eigenvalue weighted by atomic mass is 10.1. The minimum Gasteiger partial charge on any atom is -0.497 e. The van der Waals surface area contributed by atoms with Gasteiger partial charge in [0, 0.05) is 38.3 Å². The first-order valence-electron chi connectivity index (χ1n) is 9.67. The van der Waals surface area contributed by atoms with Crippen molar-refractivity contribution < 1.29 is 19.0 Å².